The summed E-state index contributed by atoms with van der Waals surface area (Å²) in [6.45, 7) is 0. The molecule has 0 spiro atoms. The molecular formula is C11H9ClF2O2. The maximum absolute atomic E-state index is 13.7. The van der Waals surface area contributed by atoms with Gasteiger partial charge in [0.2, 0.25) is 0 Å². The van der Waals surface area contributed by atoms with Crippen LogP contribution in [0.25, 0.3) is 0 Å². The van der Waals surface area contributed by atoms with Gasteiger partial charge in [0, 0.05) is 5.56 Å². The van der Waals surface area contributed by atoms with Crippen LogP contribution in [0.5, 0.6) is 0 Å². The number of carbonyl (C=O) groups is 1. The van der Waals surface area contributed by atoms with Gasteiger partial charge in [-0.3, -0.25) is 4.79 Å². The minimum Gasteiger partial charge on any atom is -0.481 e. The average molecular weight is 247 g/mol. The van der Waals surface area contributed by atoms with E-state index in [4.69, 9.17) is 16.7 Å². The van der Waals surface area contributed by atoms with Gasteiger partial charge in [-0.25, -0.2) is 8.78 Å². The zero-order valence-corrected chi connectivity index (χ0v) is 9.02. The Kier molecular flexibility index (Phi) is 2.62. The first-order valence-electron chi connectivity index (χ1n) is 4.86. The number of aliphatic carboxylic acids is 1. The van der Waals surface area contributed by atoms with E-state index in [1.165, 1.54) is 0 Å². The molecule has 1 saturated carbocycles. The van der Waals surface area contributed by atoms with E-state index in [1.54, 1.807) is 0 Å². The van der Waals surface area contributed by atoms with E-state index >= 15 is 0 Å². The highest BCUT2D eigenvalue weighted by molar-refractivity contribution is 6.30. The first-order chi connectivity index (χ1) is 7.49. The van der Waals surface area contributed by atoms with Gasteiger partial charge in [0.1, 0.15) is 11.6 Å². The topological polar surface area (TPSA) is 37.3 Å². The number of benzene rings is 1. The lowest BCUT2D eigenvalue weighted by Gasteiger charge is -2.38. The molecular weight excluding hydrogens is 238 g/mol. The third-order valence-electron chi connectivity index (χ3n) is 3.14. The second-order valence-electron chi connectivity index (χ2n) is 3.96. The van der Waals surface area contributed by atoms with Crippen molar-refractivity contribution in [2.45, 2.75) is 24.7 Å². The summed E-state index contributed by atoms with van der Waals surface area (Å²) in [4.78, 5) is 11.1. The van der Waals surface area contributed by atoms with Crippen LogP contribution in [-0.4, -0.2) is 11.1 Å². The number of halogens is 3. The smallest absolute Gasteiger partial charge is 0.314 e. The second-order valence-corrected chi connectivity index (χ2v) is 4.37. The fraction of sp³-hybridized carbons (Fsp3) is 0.364. The Hall–Kier alpha value is -1.16. The van der Waals surface area contributed by atoms with Crippen LogP contribution in [0.4, 0.5) is 8.78 Å². The molecule has 5 heteroatoms. The third kappa shape index (κ3) is 1.40. The van der Waals surface area contributed by atoms with Gasteiger partial charge >= 0.3 is 5.97 Å². The average Bonchev–Trinajstić information content (AvgIpc) is 2.15. The summed E-state index contributed by atoms with van der Waals surface area (Å²) in [5.41, 5.74) is -1.84. The fourth-order valence-electron chi connectivity index (χ4n) is 2.07. The molecule has 86 valence electrons. The molecule has 2 nitrogen and oxygen atoms in total. The largest absolute Gasteiger partial charge is 0.481 e. The summed E-state index contributed by atoms with van der Waals surface area (Å²) in [6.07, 6.45) is 1.14. The van der Waals surface area contributed by atoms with Crippen LogP contribution in [0.3, 0.4) is 0 Å². The molecule has 1 aromatic rings. The van der Waals surface area contributed by atoms with Gasteiger partial charge in [-0.15, -0.1) is 0 Å². The molecule has 0 saturated heterocycles. The summed E-state index contributed by atoms with van der Waals surface area (Å²) in [6, 6.07) is 2.09. The van der Waals surface area contributed by atoms with Crippen LogP contribution < -0.4 is 0 Å². The van der Waals surface area contributed by atoms with Crippen LogP contribution in [0.1, 0.15) is 24.8 Å². The van der Waals surface area contributed by atoms with Crippen LogP contribution in [-0.2, 0) is 10.2 Å². The molecule has 0 aromatic heterocycles. The van der Waals surface area contributed by atoms with E-state index in [9.17, 15) is 13.6 Å². The van der Waals surface area contributed by atoms with E-state index in [0.717, 1.165) is 12.1 Å². The maximum atomic E-state index is 13.7. The van der Waals surface area contributed by atoms with E-state index < -0.39 is 28.6 Å². The van der Waals surface area contributed by atoms with Gasteiger partial charge in [-0.1, -0.05) is 18.0 Å². The summed E-state index contributed by atoms with van der Waals surface area (Å²) < 4.78 is 27.2. The quantitative estimate of drug-likeness (QED) is 0.814. The first-order valence-corrected chi connectivity index (χ1v) is 5.24. The van der Waals surface area contributed by atoms with Crippen molar-refractivity contribution in [2.24, 2.45) is 0 Å². The van der Waals surface area contributed by atoms with E-state index in [0.29, 0.717) is 6.42 Å². The maximum Gasteiger partial charge on any atom is 0.314 e. The Labute approximate surface area is 95.8 Å². The van der Waals surface area contributed by atoms with Gasteiger partial charge in [-0.2, -0.15) is 0 Å². The van der Waals surface area contributed by atoms with Crippen molar-refractivity contribution in [1.29, 1.82) is 0 Å². The van der Waals surface area contributed by atoms with Crippen LogP contribution in [0, 0.1) is 11.6 Å². The third-order valence-corrected chi connectivity index (χ3v) is 3.43. The summed E-state index contributed by atoms with van der Waals surface area (Å²) in [5.74, 6) is -2.99. The minimum absolute atomic E-state index is 0.246. The van der Waals surface area contributed by atoms with Crippen molar-refractivity contribution in [3.8, 4) is 0 Å². The van der Waals surface area contributed by atoms with Gasteiger partial charge in [0.15, 0.2) is 0 Å². The van der Waals surface area contributed by atoms with Crippen molar-refractivity contribution in [3.63, 3.8) is 0 Å². The van der Waals surface area contributed by atoms with Crippen molar-refractivity contribution < 1.29 is 18.7 Å². The summed E-state index contributed by atoms with van der Waals surface area (Å²) in [7, 11) is 0. The molecule has 1 aliphatic carbocycles. The van der Waals surface area contributed by atoms with Crippen molar-refractivity contribution in [3.05, 3.63) is 34.4 Å². The molecule has 1 N–H and O–H groups in total. The lowest BCUT2D eigenvalue weighted by molar-refractivity contribution is -0.147. The Bertz CT molecular complexity index is 456. The predicted octanol–water partition coefficient (Wildman–Crippen LogP) is 3.12. The molecule has 0 bridgehead atoms. The van der Waals surface area contributed by atoms with Crippen molar-refractivity contribution >= 4 is 17.6 Å². The van der Waals surface area contributed by atoms with E-state index in [1.807, 2.05) is 0 Å². The van der Waals surface area contributed by atoms with Crippen molar-refractivity contribution in [2.75, 3.05) is 0 Å². The standard InChI is InChI=1S/C11H9ClF2O2/c12-6-2-3-7(13)8(9(6)14)11(10(15)16)4-1-5-11/h2-3H,1,4-5H2,(H,15,16). The number of carboxylic acid groups (broad SMARTS) is 1. The zero-order valence-electron chi connectivity index (χ0n) is 8.27. The number of hydrogen-bond acceptors (Lipinski definition) is 1. The summed E-state index contributed by atoms with van der Waals surface area (Å²) in [5, 5.41) is 8.85. The molecule has 0 radical (unpaired) electrons. The Morgan fingerprint density at radius 1 is 1.38 bits per heavy atom. The first kappa shape index (κ1) is 11.3. The highest BCUT2D eigenvalue weighted by Crippen LogP contribution is 2.46. The fourth-order valence-corrected chi connectivity index (χ4v) is 2.22. The van der Waals surface area contributed by atoms with Gasteiger partial charge < -0.3 is 5.11 Å². The predicted molar refractivity (Wildman–Crippen MR) is 54.5 cm³/mol. The molecule has 1 fully saturated rings. The van der Waals surface area contributed by atoms with Gasteiger partial charge in [0.25, 0.3) is 0 Å². The molecule has 16 heavy (non-hydrogen) atoms. The minimum atomic E-state index is -1.43. The van der Waals surface area contributed by atoms with Crippen LogP contribution in [0.2, 0.25) is 5.02 Å². The van der Waals surface area contributed by atoms with Gasteiger partial charge in [0.05, 0.1) is 10.4 Å². The molecule has 2 rings (SSSR count). The van der Waals surface area contributed by atoms with Crippen LogP contribution in [0.15, 0.2) is 12.1 Å². The molecule has 0 aliphatic heterocycles. The Balaban J connectivity index is 2.63. The molecule has 0 unspecified atom stereocenters. The summed E-state index contributed by atoms with van der Waals surface area (Å²) >= 11 is 5.54. The van der Waals surface area contributed by atoms with E-state index in [2.05, 4.69) is 0 Å². The van der Waals surface area contributed by atoms with Crippen molar-refractivity contribution in [1.82, 2.24) is 0 Å². The Morgan fingerprint density at radius 2 is 2.00 bits per heavy atom. The second kappa shape index (κ2) is 3.70. The normalized spacial score (nSPS) is 17.9. The lowest BCUT2D eigenvalue weighted by atomic mass is 9.64. The number of rotatable bonds is 2. The Morgan fingerprint density at radius 3 is 2.44 bits per heavy atom. The van der Waals surface area contributed by atoms with Gasteiger partial charge in [-0.05, 0) is 25.0 Å². The molecule has 0 heterocycles. The molecule has 0 atom stereocenters. The van der Waals surface area contributed by atoms with Crippen LogP contribution >= 0.6 is 11.6 Å². The number of hydrogen-bond donors (Lipinski definition) is 1. The highest BCUT2D eigenvalue weighted by atomic mass is 35.5. The molecule has 1 aromatic carbocycles. The zero-order chi connectivity index (χ0) is 11.9. The number of carboxylic acids is 1. The molecule has 1 aliphatic rings. The molecule has 0 amide bonds. The van der Waals surface area contributed by atoms with E-state index in [-0.39, 0.29) is 17.9 Å². The lowest BCUT2D eigenvalue weighted by Crippen LogP contribution is -2.43. The highest BCUT2D eigenvalue weighted by Gasteiger charge is 2.49. The SMILES string of the molecule is O=C(O)C1(c2c(F)ccc(Cl)c2F)CCC1. The monoisotopic (exact) mass is 246 g/mol.